The molecule has 0 saturated carbocycles. The molecular weight excluding hydrogens is 781 g/mol. The van der Waals surface area contributed by atoms with Crippen LogP contribution in [0.5, 0.6) is 0 Å². The average molecular weight is 870 g/mol. The summed E-state index contributed by atoms with van der Waals surface area (Å²) in [5, 5.41) is 12.7. The Bertz CT molecular complexity index is 1100. The van der Waals surface area contributed by atoms with Crippen molar-refractivity contribution in [1.82, 2.24) is 10.2 Å². The topological polar surface area (TPSA) is 191 Å². The molecule has 0 rings (SSSR count). The molecule has 12 nitrogen and oxygen atoms in total. The number of unbranched alkanes of at least 4 members (excludes halogenated alkanes) is 24. The lowest BCUT2D eigenvalue weighted by atomic mass is 9.98. The standard InChI is InChI=1S/C47H89N4O8S/c1-4-7-9-11-13-15-17-19-21-23-25-27-29-33-43(54)58-42(32-31-35-48)47(39-53,51(36-6-3)46(57)41(37-52)50-45(56)40(49)38-60)59-44(55)34-30-28-26-24-22-20-18-16-14-12-10-8-5-2/h40-42,52,60H,4-38,48-49H2,1-3H3,(H,50,56)/t40-,41-,42?,47-/m0/s1. The molecule has 0 aliphatic carbocycles. The number of rotatable bonds is 43. The highest BCUT2D eigenvalue weighted by molar-refractivity contribution is 7.80. The van der Waals surface area contributed by atoms with Gasteiger partial charge in [0, 0.05) is 25.1 Å². The summed E-state index contributed by atoms with van der Waals surface area (Å²) >= 11 is 4.05. The summed E-state index contributed by atoms with van der Waals surface area (Å²) in [6.07, 6.45) is 30.7. The first kappa shape index (κ1) is 57.8. The number of nitrogens with two attached hydrogens (primary N) is 2. The van der Waals surface area contributed by atoms with E-state index >= 15 is 0 Å². The Morgan fingerprint density at radius 1 is 0.667 bits per heavy atom. The van der Waals surface area contributed by atoms with E-state index in [-0.39, 0.29) is 44.5 Å². The van der Waals surface area contributed by atoms with Gasteiger partial charge in [-0.15, -0.1) is 0 Å². The molecule has 0 heterocycles. The van der Waals surface area contributed by atoms with Gasteiger partial charge in [-0.1, -0.05) is 175 Å². The SMILES string of the molecule is CCCCCCCCCCCCCCCC(=O)OC(CCCN)[C@]([C]=O)(OC(=O)CCCCCCCCCCCCCCC)N(CCC)C(=O)[C@H](CO)NC(=O)[C@@H](N)CS. The Hall–Kier alpha value is -2.22. The average Bonchev–Trinajstić information content (AvgIpc) is 3.25. The number of nitrogens with zero attached hydrogens (tertiary/aromatic N) is 1. The van der Waals surface area contributed by atoms with Crippen LogP contribution >= 0.6 is 12.6 Å². The van der Waals surface area contributed by atoms with Crippen LogP contribution in [0.1, 0.15) is 220 Å². The van der Waals surface area contributed by atoms with Gasteiger partial charge in [0.2, 0.25) is 5.91 Å². The summed E-state index contributed by atoms with van der Waals surface area (Å²) in [4.78, 5) is 68.3. The van der Waals surface area contributed by atoms with Crippen molar-refractivity contribution in [2.24, 2.45) is 11.5 Å². The fraction of sp³-hybridized carbons (Fsp3) is 0.894. The molecule has 0 aliphatic heterocycles. The summed E-state index contributed by atoms with van der Waals surface area (Å²) in [5.41, 5.74) is 9.21. The second-order valence-electron chi connectivity index (χ2n) is 16.7. The molecule has 0 bridgehead atoms. The van der Waals surface area contributed by atoms with Gasteiger partial charge in [0.05, 0.1) is 12.6 Å². The minimum absolute atomic E-state index is 0.00369. The molecule has 0 spiro atoms. The van der Waals surface area contributed by atoms with Gasteiger partial charge < -0.3 is 31.4 Å². The van der Waals surface area contributed by atoms with Crippen molar-refractivity contribution in [3.63, 3.8) is 0 Å². The van der Waals surface area contributed by atoms with Crippen LogP contribution in [0.3, 0.4) is 0 Å². The minimum Gasteiger partial charge on any atom is -0.455 e. The zero-order valence-electron chi connectivity index (χ0n) is 38.3. The Morgan fingerprint density at radius 2 is 1.08 bits per heavy atom. The first-order valence-electron chi connectivity index (χ1n) is 24.2. The van der Waals surface area contributed by atoms with Crippen LogP contribution < -0.4 is 16.8 Å². The van der Waals surface area contributed by atoms with Crippen LogP contribution in [0, 0.1) is 0 Å². The van der Waals surface area contributed by atoms with Crippen molar-refractivity contribution < 1.29 is 38.6 Å². The number of ether oxygens (including phenoxy) is 2. The molecule has 1 radical (unpaired) electrons. The first-order chi connectivity index (χ1) is 29.1. The number of esters is 2. The van der Waals surface area contributed by atoms with Crippen LogP contribution in [-0.4, -0.2) is 89.4 Å². The number of aliphatic hydroxyl groups is 1. The smallest absolute Gasteiger partial charge is 0.308 e. The van der Waals surface area contributed by atoms with Gasteiger partial charge in [0.15, 0.2) is 6.10 Å². The molecular formula is C47H89N4O8S. The summed E-state index contributed by atoms with van der Waals surface area (Å²) < 4.78 is 11.9. The predicted molar refractivity (Wildman–Crippen MR) is 246 cm³/mol. The largest absolute Gasteiger partial charge is 0.455 e. The van der Waals surface area contributed by atoms with E-state index in [1.165, 1.54) is 109 Å². The summed E-state index contributed by atoms with van der Waals surface area (Å²) in [6.45, 7) is 5.42. The second-order valence-corrected chi connectivity index (χ2v) is 17.1. The number of hydrogen-bond acceptors (Lipinski definition) is 11. The molecule has 0 fully saturated rings. The van der Waals surface area contributed by atoms with Gasteiger partial charge in [0.1, 0.15) is 6.04 Å². The van der Waals surface area contributed by atoms with Crippen LogP contribution in [0.15, 0.2) is 0 Å². The van der Waals surface area contributed by atoms with Crippen molar-refractivity contribution in [3.05, 3.63) is 0 Å². The first-order valence-corrected chi connectivity index (χ1v) is 24.8. The number of hydrogen-bond donors (Lipinski definition) is 5. The van der Waals surface area contributed by atoms with Crippen molar-refractivity contribution in [2.75, 3.05) is 25.4 Å². The quantitative estimate of drug-likeness (QED) is 0.0171. The summed E-state index contributed by atoms with van der Waals surface area (Å²) in [6, 6.07) is -2.61. The monoisotopic (exact) mass is 870 g/mol. The molecule has 351 valence electrons. The molecule has 0 aromatic rings. The second kappa shape index (κ2) is 39.6. The van der Waals surface area contributed by atoms with Crippen LogP contribution in [0.4, 0.5) is 0 Å². The summed E-state index contributed by atoms with van der Waals surface area (Å²) in [5.74, 6) is -3.01. The highest BCUT2D eigenvalue weighted by atomic mass is 32.1. The molecule has 13 heteroatoms. The van der Waals surface area contributed by atoms with E-state index in [1.807, 2.05) is 6.29 Å². The van der Waals surface area contributed by atoms with Gasteiger partial charge in [-0.25, -0.2) is 0 Å². The van der Waals surface area contributed by atoms with E-state index in [4.69, 9.17) is 20.9 Å². The maximum Gasteiger partial charge on any atom is 0.308 e. The van der Waals surface area contributed by atoms with Crippen molar-refractivity contribution in [1.29, 1.82) is 0 Å². The zero-order valence-corrected chi connectivity index (χ0v) is 39.2. The van der Waals surface area contributed by atoms with E-state index in [2.05, 4.69) is 31.8 Å². The van der Waals surface area contributed by atoms with E-state index in [1.54, 1.807) is 6.92 Å². The van der Waals surface area contributed by atoms with Crippen molar-refractivity contribution >= 4 is 42.7 Å². The van der Waals surface area contributed by atoms with Crippen LogP contribution in [0.2, 0.25) is 0 Å². The lowest BCUT2D eigenvalue weighted by molar-refractivity contribution is -0.206. The molecule has 0 aromatic carbocycles. The number of thiol groups is 1. The Morgan fingerprint density at radius 3 is 1.45 bits per heavy atom. The van der Waals surface area contributed by atoms with Gasteiger partial charge in [-0.2, -0.15) is 12.6 Å². The Balaban J connectivity index is 5.77. The Labute approximate surface area is 371 Å². The lowest BCUT2D eigenvalue weighted by Gasteiger charge is -2.43. The number of amides is 2. The van der Waals surface area contributed by atoms with Crippen LogP contribution in [0.25, 0.3) is 0 Å². The van der Waals surface area contributed by atoms with Gasteiger partial charge in [-0.3, -0.25) is 28.9 Å². The summed E-state index contributed by atoms with van der Waals surface area (Å²) in [7, 11) is 0. The zero-order chi connectivity index (χ0) is 44.7. The van der Waals surface area contributed by atoms with Crippen molar-refractivity contribution in [3.8, 4) is 0 Å². The minimum atomic E-state index is -2.49. The van der Waals surface area contributed by atoms with Gasteiger partial charge >= 0.3 is 11.9 Å². The van der Waals surface area contributed by atoms with E-state index < -0.39 is 54.3 Å². The highest BCUT2D eigenvalue weighted by Gasteiger charge is 2.54. The van der Waals surface area contributed by atoms with Crippen LogP contribution in [-0.2, 0) is 33.4 Å². The lowest BCUT2D eigenvalue weighted by Crippen LogP contribution is -2.67. The third-order valence-corrected chi connectivity index (χ3v) is 11.6. The highest BCUT2D eigenvalue weighted by Crippen LogP contribution is 2.30. The van der Waals surface area contributed by atoms with Gasteiger partial charge in [0.25, 0.3) is 17.9 Å². The molecule has 6 N–H and O–H groups in total. The molecule has 4 atom stereocenters. The maximum absolute atomic E-state index is 14.2. The Kier molecular flexibility index (Phi) is 38.1. The number of carbonyl (C=O) groups is 4. The van der Waals surface area contributed by atoms with Gasteiger partial charge in [-0.05, 0) is 38.6 Å². The molecule has 0 aromatic heterocycles. The normalized spacial score (nSPS) is 13.8. The number of nitrogens with one attached hydrogen (secondary N) is 1. The predicted octanol–water partition coefficient (Wildman–Crippen LogP) is 8.92. The third kappa shape index (κ3) is 27.0. The fourth-order valence-electron chi connectivity index (χ4n) is 7.49. The molecule has 60 heavy (non-hydrogen) atoms. The number of carbonyl (C=O) groups excluding carboxylic acids is 5. The van der Waals surface area contributed by atoms with E-state index in [0.717, 1.165) is 49.8 Å². The molecule has 0 saturated heterocycles. The maximum atomic E-state index is 14.2. The van der Waals surface area contributed by atoms with E-state index in [0.29, 0.717) is 19.3 Å². The van der Waals surface area contributed by atoms with Crippen molar-refractivity contribution in [2.45, 2.75) is 244 Å². The van der Waals surface area contributed by atoms with E-state index in [9.17, 15) is 29.1 Å². The molecule has 0 aliphatic rings. The fourth-order valence-corrected chi connectivity index (χ4v) is 7.66. The molecule has 2 amide bonds. The third-order valence-electron chi connectivity index (χ3n) is 11.2. The molecule has 1 unspecified atom stereocenters. The number of aliphatic hydroxyl groups excluding tert-OH is 1.